The SMILES string of the molecule is CN(C)C(CNc1ccc(S(=O)(=O)N2CCCC2)cn1)c1ccccc1. The number of aromatic nitrogens is 1. The summed E-state index contributed by atoms with van der Waals surface area (Å²) in [6.45, 7) is 1.89. The van der Waals surface area contributed by atoms with Gasteiger partial charge in [-0.3, -0.25) is 0 Å². The number of hydrogen-bond acceptors (Lipinski definition) is 5. The Morgan fingerprint density at radius 1 is 1.12 bits per heavy atom. The van der Waals surface area contributed by atoms with Gasteiger partial charge >= 0.3 is 0 Å². The fourth-order valence-corrected chi connectivity index (χ4v) is 4.65. The molecule has 0 bridgehead atoms. The van der Waals surface area contributed by atoms with Gasteiger partial charge in [0.1, 0.15) is 10.7 Å². The van der Waals surface area contributed by atoms with Crippen molar-refractivity contribution >= 4 is 15.8 Å². The maximum atomic E-state index is 12.5. The van der Waals surface area contributed by atoms with Crippen LogP contribution >= 0.6 is 0 Å². The third kappa shape index (κ3) is 4.23. The highest BCUT2D eigenvalue weighted by Crippen LogP contribution is 2.22. The zero-order chi connectivity index (χ0) is 18.6. The second kappa shape index (κ2) is 8.16. The van der Waals surface area contributed by atoms with E-state index in [1.807, 2.05) is 32.3 Å². The molecule has 1 unspecified atom stereocenters. The molecule has 6 nitrogen and oxygen atoms in total. The summed E-state index contributed by atoms with van der Waals surface area (Å²) in [5, 5.41) is 3.31. The summed E-state index contributed by atoms with van der Waals surface area (Å²) in [5.74, 6) is 0.674. The zero-order valence-corrected chi connectivity index (χ0v) is 16.1. The molecule has 2 heterocycles. The number of likely N-dealkylation sites (N-methyl/N-ethyl adjacent to an activating group) is 1. The molecule has 1 saturated heterocycles. The summed E-state index contributed by atoms with van der Waals surface area (Å²) in [5.41, 5.74) is 1.22. The van der Waals surface area contributed by atoms with Crippen molar-refractivity contribution in [1.29, 1.82) is 0 Å². The molecular formula is C19H26N4O2S. The smallest absolute Gasteiger partial charge is 0.244 e. The van der Waals surface area contributed by atoms with E-state index in [1.54, 1.807) is 12.1 Å². The number of hydrogen-bond donors (Lipinski definition) is 1. The first-order valence-corrected chi connectivity index (χ1v) is 10.3. The molecule has 0 aliphatic carbocycles. The highest BCUT2D eigenvalue weighted by Gasteiger charge is 2.27. The maximum Gasteiger partial charge on any atom is 0.244 e. The van der Waals surface area contributed by atoms with Crippen molar-refractivity contribution in [1.82, 2.24) is 14.2 Å². The van der Waals surface area contributed by atoms with Crippen LogP contribution in [0.4, 0.5) is 5.82 Å². The Morgan fingerprint density at radius 2 is 1.81 bits per heavy atom. The number of anilines is 1. The molecule has 3 rings (SSSR count). The molecule has 1 fully saturated rings. The largest absolute Gasteiger partial charge is 0.368 e. The van der Waals surface area contributed by atoms with E-state index in [1.165, 1.54) is 16.1 Å². The molecule has 0 radical (unpaired) electrons. The minimum absolute atomic E-state index is 0.200. The molecule has 1 aliphatic heterocycles. The molecule has 1 aliphatic rings. The van der Waals surface area contributed by atoms with Crippen LogP contribution in [0, 0.1) is 0 Å². The van der Waals surface area contributed by atoms with Crippen LogP contribution in [0.2, 0.25) is 0 Å². The molecule has 2 aromatic rings. The van der Waals surface area contributed by atoms with Crippen molar-refractivity contribution in [3.05, 3.63) is 54.2 Å². The number of pyridine rings is 1. The van der Waals surface area contributed by atoms with Gasteiger partial charge in [0.25, 0.3) is 0 Å². The number of sulfonamides is 1. The van der Waals surface area contributed by atoms with Crippen LogP contribution in [0.25, 0.3) is 0 Å². The van der Waals surface area contributed by atoms with E-state index < -0.39 is 10.0 Å². The van der Waals surface area contributed by atoms with E-state index in [9.17, 15) is 8.42 Å². The summed E-state index contributed by atoms with van der Waals surface area (Å²) in [4.78, 5) is 6.71. The van der Waals surface area contributed by atoms with Crippen LogP contribution in [0.15, 0.2) is 53.6 Å². The molecule has 7 heteroatoms. The van der Waals surface area contributed by atoms with Crippen LogP contribution in [0.1, 0.15) is 24.4 Å². The summed E-state index contributed by atoms with van der Waals surface area (Å²) >= 11 is 0. The van der Waals surface area contributed by atoms with E-state index in [0.717, 1.165) is 12.8 Å². The van der Waals surface area contributed by atoms with E-state index in [-0.39, 0.29) is 10.9 Å². The van der Waals surface area contributed by atoms with Crippen molar-refractivity contribution in [2.24, 2.45) is 0 Å². The Hall–Kier alpha value is -1.96. The van der Waals surface area contributed by atoms with Crippen molar-refractivity contribution < 1.29 is 8.42 Å². The molecule has 1 aromatic heterocycles. The monoisotopic (exact) mass is 374 g/mol. The van der Waals surface area contributed by atoms with Gasteiger partial charge < -0.3 is 10.2 Å². The first-order chi connectivity index (χ1) is 12.5. The fraction of sp³-hybridized carbons (Fsp3) is 0.421. The molecule has 0 spiro atoms. The Bertz CT molecular complexity index is 801. The molecule has 140 valence electrons. The van der Waals surface area contributed by atoms with Gasteiger partial charge in [-0.05, 0) is 44.6 Å². The minimum atomic E-state index is -3.41. The summed E-state index contributed by atoms with van der Waals surface area (Å²) < 4.78 is 26.6. The number of nitrogens with zero attached hydrogens (tertiary/aromatic N) is 3. The molecule has 26 heavy (non-hydrogen) atoms. The number of benzene rings is 1. The summed E-state index contributed by atoms with van der Waals surface area (Å²) in [7, 11) is 0.672. The lowest BCUT2D eigenvalue weighted by atomic mass is 10.1. The van der Waals surface area contributed by atoms with E-state index >= 15 is 0 Å². The van der Waals surface area contributed by atoms with Crippen LogP contribution in [0.5, 0.6) is 0 Å². The highest BCUT2D eigenvalue weighted by molar-refractivity contribution is 7.89. The molecule has 1 atom stereocenters. The number of rotatable bonds is 7. The third-order valence-electron chi connectivity index (χ3n) is 4.72. The maximum absolute atomic E-state index is 12.5. The summed E-state index contributed by atoms with van der Waals surface area (Å²) in [6.07, 6.45) is 3.30. The Morgan fingerprint density at radius 3 is 2.38 bits per heavy atom. The van der Waals surface area contributed by atoms with E-state index in [2.05, 4.69) is 27.3 Å². The normalized spacial score (nSPS) is 16.7. The average molecular weight is 375 g/mol. The van der Waals surface area contributed by atoms with Crippen molar-refractivity contribution in [3.8, 4) is 0 Å². The quantitative estimate of drug-likeness (QED) is 0.807. The lowest BCUT2D eigenvalue weighted by Crippen LogP contribution is -2.28. The van der Waals surface area contributed by atoms with E-state index in [0.29, 0.717) is 25.5 Å². The predicted molar refractivity (Wildman–Crippen MR) is 104 cm³/mol. The fourth-order valence-electron chi connectivity index (χ4n) is 3.19. The first-order valence-electron chi connectivity index (χ1n) is 8.90. The van der Waals surface area contributed by atoms with Gasteiger partial charge in [0.05, 0.1) is 6.04 Å². The van der Waals surface area contributed by atoms with Crippen LogP contribution in [-0.4, -0.2) is 56.3 Å². The van der Waals surface area contributed by atoms with Gasteiger partial charge in [-0.25, -0.2) is 13.4 Å². The first kappa shape index (κ1) is 18.8. The van der Waals surface area contributed by atoms with Crippen LogP contribution < -0.4 is 5.32 Å². The van der Waals surface area contributed by atoms with Crippen LogP contribution in [0.3, 0.4) is 0 Å². The molecular weight excluding hydrogens is 348 g/mol. The molecule has 0 saturated carbocycles. The van der Waals surface area contributed by atoms with E-state index in [4.69, 9.17) is 0 Å². The van der Waals surface area contributed by atoms with Gasteiger partial charge in [-0.2, -0.15) is 4.31 Å². The van der Waals surface area contributed by atoms with Gasteiger partial charge in [-0.1, -0.05) is 30.3 Å². The lowest BCUT2D eigenvalue weighted by Gasteiger charge is -2.25. The van der Waals surface area contributed by atoms with Crippen molar-refractivity contribution in [2.45, 2.75) is 23.8 Å². The average Bonchev–Trinajstić information content (AvgIpc) is 3.18. The van der Waals surface area contributed by atoms with Crippen molar-refractivity contribution in [3.63, 3.8) is 0 Å². The van der Waals surface area contributed by atoms with Gasteiger partial charge in [-0.15, -0.1) is 0 Å². The molecule has 1 N–H and O–H groups in total. The standard InChI is InChI=1S/C19H26N4O2S/c1-22(2)18(16-8-4-3-5-9-16)15-21-19-11-10-17(14-20-19)26(24,25)23-12-6-7-13-23/h3-5,8-11,14,18H,6-7,12-13,15H2,1-2H3,(H,20,21). The zero-order valence-electron chi connectivity index (χ0n) is 15.3. The number of nitrogens with one attached hydrogen (secondary N) is 1. The topological polar surface area (TPSA) is 65.5 Å². The van der Waals surface area contributed by atoms with Crippen molar-refractivity contribution in [2.75, 3.05) is 39.0 Å². The Labute approximate surface area is 155 Å². The highest BCUT2D eigenvalue weighted by atomic mass is 32.2. The van der Waals surface area contributed by atoms with Gasteiger partial charge in [0.2, 0.25) is 10.0 Å². The predicted octanol–water partition coefficient (Wildman–Crippen LogP) is 2.58. The second-order valence-corrected chi connectivity index (χ2v) is 8.70. The van der Waals surface area contributed by atoms with Gasteiger partial charge in [0.15, 0.2) is 0 Å². The minimum Gasteiger partial charge on any atom is -0.368 e. The lowest BCUT2D eigenvalue weighted by molar-refractivity contribution is 0.311. The Kier molecular flexibility index (Phi) is 5.90. The molecule has 1 aromatic carbocycles. The van der Waals surface area contributed by atoms with Crippen LogP contribution in [-0.2, 0) is 10.0 Å². The summed E-state index contributed by atoms with van der Waals surface area (Å²) in [6, 6.07) is 13.8. The second-order valence-electron chi connectivity index (χ2n) is 6.76. The third-order valence-corrected chi connectivity index (χ3v) is 6.61. The molecule has 0 amide bonds. The Balaban J connectivity index is 1.67. The van der Waals surface area contributed by atoms with Gasteiger partial charge in [0, 0.05) is 25.8 Å².